The van der Waals surface area contributed by atoms with E-state index in [4.69, 9.17) is 4.74 Å². The van der Waals surface area contributed by atoms with Crippen molar-refractivity contribution in [2.75, 3.05) is 0 Å². The van der Waals surface area contributed by atoms with E-state index >= 15 is 0 Å². The predicted octanol–water partition coefficient (Wildman–Crippen LogP) is 3.79. The molecule has 0 radical (unpaired) electrons. The molecule has 1 aromatic heterocycles. The van der Waals surface area contributed by atoms with Crippen LogP contribution in [0.4, 0.5) is 0 Å². The van der Waals surface area contributed by atoms with Gasteiger partial charge in [-0.25, -0.2) is 4.98 Å². The van der Waals surface area contributed by atoms with Crippen LogP contribution in [0.1, 0.15) is 10.6 Å². The van der Waals surface area contributed by atoms with Crippen LogP contribution < -0.4 is 4.74 Å². The standard InChI is InChI=1S/C11H10BrNOS/c1-8-4-2-3-5-9(8)14-6-11-13-10(12)7-15-11/h2-5,7H,6H2,1H3. The van der Waals surface area contributed by atoms with Gasteiger partial charge in [-0.2, -0.15) is 0 Å². The van der Waals surface area contributed by atoms with E-state index in [1.165, 1.54) is 0 Å². The van der Waals surface area contributed by atoms with E-state index in [9.17, 15) is 0 Å². The van der Waals surface area contributed by atoms with E-state index in [-0.39, 0.29) is 0 Å². The van der Waals surface area contributed by atoms with Crippen molar-refractivity contribution in [2.24, 2.45) is 0 Å². The van der Waals surface area contributed by atoms with Crippen molar-refractivity contribution in [1.29, 1.82) is 0 Å². The van der Waals surface area contributed by atoms with E-state index in [1.54, 1.807) is 11.3 Å². The van der Waals surface area contributed by atoms with Crippen LogP contribution in [0.2, 0.25) is 0 Å². The van der Waals surface area contributed by atoms with Gasteiger partial charge >= 0.3 is 0 Å². The van der Waals surface area contributed by atoms with Gasteiger partial charge < -0.3 is 4.74 Å². The lowest BCUT2D eigenvalue weighted by molar-refractivity contribution is 0.303. The van der Waals surface area contributed by atoms with Crippen molar-refractivity contribution in [1.82, 2.24) is 4.98 Å². The number of nitrogens with zero attached hydrogens (tertiary/aromatic N) is 1. The smallest absolute Gasteiger partial charge is 0.140 e. The largest absolute Gasteiger partial charge is 0.486 e. The molecule has 4 heteroatoms. The summed E-state index contributed by atoms with van der Waals surface area (Å²) in [4.78, 5) is 4.27. The third-order valence-corrected chi connectivity index (χ3v) is 3.50. The molecule has 0 aliphatic rings. The summed E-state index contributed by atoms with van der Waals surface area (Å²) in [5.41, 5.74) is 1.15. The number of benzene rings is 1. The minimum absolute atomic E-state index is 0.529. The van der Waals surface area contributed by atoms with Crippen LogP contribution in [-0.4, -0.2) is 4.98 Å². The first-order valence-electron chi connectivity index (χ1n) is 4.54. The zero-order chi connectivity index (χ0) is 10.7. The van der Waals surface area contributed by atoms with Crippen LogP contribution in [0.5, 0.6) is 5.75 Å². The maximum absolute atomic E-state index is 5.66. The summed E-state index contributed by atoms with van der Waals surface area (Å²) in [6.45, 7) is 2.56. The zero-order valence-corrected chi connectivity index (χ0v) is 10.6. The molecule has 1 aromatic carbocycles. The predicted molar refractivity (Wildman–Crippen MR) is 65.3 cm³/mol. The van der Waals surface area contributed by atoms with Crippen molar-refractivity contribution in [2.45, 2.75) is 13.5 Å². The number of para-hydroxylation sites is 1. The summed E-state index contributed by atoms with van der Waals surface area (Å²) in [5, 5.41) is 2.93. The van der Waals surface area contributed by atoms with E-state index in [0.29, 0.717) is 6.61 Å². The summed E-state index contributed by atoms with van der Waals surface area (Å²) >= 11 is 4.91. The second kappa shape index (κ2) is 4.77. The SMILES string of the molecule is Cc1ccccc1OCc1nc(Br)cs1. The number of ether oxygens (including phenoxy) is 1. The summed E-state index contributed by atoms with van der Waals surface area (Å²) in [6.07, 6.45) is 0. The topological polar surface area (TPSA) is 22.1 Å². The quantitative estimate of drug-likeness (QED) is 0.855. The number of rotatable bonds is 3. The molecule has 0 unspecified atom stereocenters. The molecule has 0 bridgehead atoms. The second-order valence-electron chi connectivity index (χ2n) is 3.12. The van der Waals surface area contributed by atoms with Crippen LogP contribution in [0.25, 0.3) is 0 Å². The van der Waals surface area contributed by atoms with Gasteiger partial charge in [-0.3, -0.25) is 0 Å². The number of aryl methyl sites for hydroxylation is 1. The van der Waals surface area contributed by atoms with Gasteiger partial charge in [0.1, 0.15) is 22.0 Å². The molecular formula is C11H10BrNOS. The van der Waals surface area contributed by atoms with Crippen molar-refractivity contribution < 1.29 is 4.74 Å². The average molecular weight is 284 g/mol. The van der Waals surface area contributed by atoms with Gasteiger partial charge in [0.25, 0.3) is 0 Å². The number of hydrogen-bond donors (Lipinski definition) is 0. The minimum atomic E-state index is 0.529. The third-order valence-electron chi connectivity index (χ3n) is 1.97. The number of aromatic nitrogens is 1. The Morgan fingerprint density at radius 3 is 2.87 bits per heavy atom. The van der Waals surface area contributed by atoms with Crippen LogP contribution >= 0.6 is 27.3 Å². The molecule has 2 nitrogen and oxygen atoms in total. The van der Waals surface area contributed by atoms with Gasteiger partial charge in [-0.15, -0.1) is 11.3 Å². The maximum Gasteiger partial charge on any atom is 0.140 e. The Balaban J connectivity index is 2.02. The summed E-state index contributed by atoms with van der Waals surface area (Å²) in [5.74, 6) is 0.920. The summed E-state index contributed by atoms with van der Waals surface area (Å²) < 4.78 is 6.53. The Labute approximate surface area is 101 Å². The average Bonchev–Trinajstić information content (AvgIpc) is 2.63. The van der Waals surface area contributed by atoms with Crippen molar-refractivity contribution in [3.63, 3.8) is 0 Å². The molecule has 15 heavy (non-hydrogen) atoms. The molecule has 0 N–H and O–H groups in total. The van der Waals surface area contributed by atoms with E-state index in [0.717, 1.165) is 20.9 Å². The Morgan fingerprint density at radius 2 is 2.20 bits per heavy atom. The highest BCUT2D eigenvalue weighted by Gasteiger charge is 2.02. The fraction of sp³-hybridized carbons (Fsp3) is 0.182. The number of thiazole rings is 1. The van der Waals surface area contributed by atoms with Gasteiger partial charge in [-0.1, -0.05) is 18.2 Å². The Bertz CT molecular complexity index is 455. The summed E-state index contributed by atoms with van der Waals surface area (Å²) in [6, 6.07) is 7.98. The van der Waals surface area contributed by atoms with Gasteiger partial charge in [0.2, 0.25) is 0 Å². The molecule has 0 saturated heterocycles. The van der Waals surface area contributed by atoms with Gasteiger partial charge in [-0.05, 0) is 34.5 Å². The highest BCUT2D eigenvalue weighted by atomic mass is 79.9. The lowest BCUT2D eigenvalue weighted by Crippen LogP contribution is -1.95. The Kier molecular flexibility index (Phi) is 3.38. The second-order valence-corrected chi connectivity index (χ2v) is 4.87. The van der Waals surface area contributed by atoms with Crippen LogP contribution in [0.15, 0.2) is 34.2 Å². The highest BCUT2D eigenvalue weighted by molar-refractivity contribution is 9.10. The lowest BCUT2D eigenvalue weighted by Gasteiger charge is -2.06. The number of hydrogen-bond acceptors (Lipinski definition) is 3. The van der Waals surface area contributed by atoms with Crippen LogP contribution in [0.3, 0.4) is 0 Å². The molecular weight excluding hydrogens is 274 g/mol. The first kappa shape index (κ1) is 10.6. The third kappa shape index (κ3) is 2.79. The molecule has 0 aliphatic carbocycles. The molecule has 2 aromatic rings. The van der Waals surface area contributed by atoms with Crippen molar-refractivity contribution in [3.05, 3.63) is 44.8 Å². The highest BCUT2D eigenvalue weighted by Crippen LogP contribution is 2.20. The molecule has 0 atom stereocenters. The van der Waals surface area contributed by atoms with Crippen molar-refractivity contribution in [3.8, 4) is 5.75 Å². The lowest BCUT2D eigenvalue weighted by atomic mass is 10.2. The maximum atomic E-state index is 5.66. The molecule has 78 valence electrons. The Hall–Kier alpha value is -0.870. The molecule has 0 spiro atoms. The fourth-order valence-corrected chi connectivity index (χ4v) is 2.39. The molecule has 0 fully saturated rings. The van der Waals surface area contributed by atoms with E-state index in [2.05, 4.69) is 20.9 Å². The van der Waals surface area contributed by atoms with Crippen LogP contribution in [-0.2, 0) is 6.61 Å². The molecule has 0 saturated carbocycles. The van der Waals surface area contributed by atoms with Gasteiger partial charge in [0.15, 0.2) is 0 Å². The molecule has 2 rings (SSSR count). The Morgan fingerprint density at radius 1 is 1.40 bits per heavy atom. The number of halogens is 1. The molecule has 0 aliphatic heterocycles. The van der Waals surface area contributed by atoms with Gasteiger partial charge in [0.05, 0.1) is 0 Å². The first-order chi connectivity index (χ1) is 7.25. The minimum Gasteiger partial charge on any atom is -0.486 e. The fourth-order valence-electron chi connectivity index (χ4n) is 1.21. The summed E-state index contributed by atoms with van der Waals surface area (Å²) in [7, 11) is 0. The van der Waals surface area contributed by atoms with E-state index in [1.807, 2.05) is 36.6 Å². The first-order valence-corrected chi connectivity index (χ1v) is 6.21. The normalized spacial score (nSPS) is 10.3. The molecule has 0 amide bonds. The van der Waals surface area contributed by atoms with Crippen molar-refractivity contribution >= 4 is 27.3 Å². The zero-order valence-electron chi connectivity index (χ0n) is 8.24. The molecule has 1 heterocycles. The van der Waals surface area contributed by atoms with Crippen LogP contribution in [0, 0.1) is 6.92 Å². The van der Waals surface area contributed by atoms with Gasteiger partial charge in [0, 0.05) is 5.38 Å². The van der Waals surface area contributed by atoms with E-state index < -0.39 is 0 Å². The monoisotopic (exact) mass is 283 g/mol.